The highest BCUT2D eigenvalue weighted by atomic mass is 16.2. The number of amides is 1. The lowest BCUT2D eigenvalue weighted by atomic mass is 9.99. The molecule has 1 aromatic carbocycles. The van der Waals surface area contributed by atoms with E-state index in [-0.39, 0.29) is 5.91 Å². The van der Waals surface area contributed by atoms with Crippen LogP contribution < -0.4 is 0 Å². The number of carbonyl (C=O) groups excluding carboxylic acids is 1. The number of carbonyl (C=O) groups is 1. The molecule has 2 heterocycles. The Labute approximate surface area is 132 Å². The van der Waals surface area contributed by atoms with Crippen molar-refractivity contribution in [3.63, 3.8) is 0 Å². The first kappa shape index (κ1) is 15.1. The van der Waals surface area contributed by atoms with Gasteiger partial charge in [0.25, 0.3) is 5.91 Å². The zero-order chi connectivity index (χ0) is 15.9. The Kier molecular flexibility index (Phi) is 3.94. The molecule has 3 rings (SSSR count). The minimum Gasteiger partial charge on any atom is -0.338 e. The van der Waals surface area contributed by atoms with Crippen LogP contribution in [0.25, 0.3) is 11.0 Å². The van der Waals surface area contributed by atoms with Gasteiger partial charge in [0.2, 0.25) is 0 Å². The average molecular weight is 299 g/mol. The summed E-state index contributed by atoms with van der Waals surface area (Å²) >= 11 is 0. The second-order valence-corrected chi connectivity index (χ2v) is 6.89. The van der Waals surface area contributed by atoms with E-state index in [9.17, 15) is 4.79 Å². The number of aromatic nitrogens is 2. The van der Waals surface area contributed by atoms with Crippen molar-refractivity contribution in [3.8, 4) is 0 Å². The lowest BCUT2D eigenvalue weighted by Gasteiger charge is -2.31. The molecule has 1 saturated heterocycles. The number of benzene rings is 1. The van der Waals surface area contributed by atoms with E-state index in [2.05, 4.69) is 25.3 Å². The molecule has 0 radical (unpaired) electrons. The summed E-state index contributed by atoms with van der Waals surface area (Å²) in [6.07, 6.45) is 2.33. The van der Waals surface area contributed by atoms with Crippen LogP contribution in [0.3, 0.4) is 0 Å². The third-order valence-electron chi connectivity index (χ3n) is 4.62. The summed E-state index contributed by atoms with van der Waals surface area (Å²) in [7, 11) is 2.04. The molecule has 0 saturated carbocycles. The van der Waals surface area contributed by atoms with Crippen molar-refractivity contribution < 1.29 is 4.79 Å². The Balaban J connectivity index is 1.93. The number of aryl methyl sites for hydroxylation is 1. The zero-order valence-corrected chi connectivity index (χ0v) is 14.0. The molecule has 0 bridgehead atoms. The van der Waals surface area contributed by atoms with E-state index in [1.165, 1.54) is 6.42 Å². The van der Waals surface area contributed by atoms with E-state index in [1.54, 1.807) is 0 Å². The molecule has 1 unspecified atom stereocenters. The highest BCUT2D eigenvalue weighted by Gasteiger charge is 2.22. The van der Waals surface area contributed by atoms with Crippen molar-refractivity contribution in [2.45, 2.75) is 39.5 Å². The zero-order valence-electron chi connectivity index (χ0n) is 14.0. The first-order valence-electron chi connectivity index (χ1n) is 8.23. The third-order valence-corrected chi connectivity index (χ3v) is 4.62. The second-order valence-electron chi connectivity index (χ2n) is 6.89. The van der Waals surface area contributed by atoms with Gasteiger partial charge in [0, 0.05) is 31.6 Å². The predicted octanol–water partition coefficient (Wildman–Crippen LogP) is 3.57. The third kappa shape index (κ3) is 2.62. The molecule has 1 atom stereocenters. The van der Waals surface area contributed by atoms with E-state index in [0.29, 0.717) is 11.8 Å². The van der Waals surface area contributed by atoms with Gasteiger partial charge in [0.15, 0.2) is 0 Å². The van der Waals surface area contributed by atoms with Crippen molar-refractivity contribution in [2.75, 3.05) is 13.1 Å². The van der Waals surface area contributed by atoms with Crippen molar-refractivity contribution >= 4 is 16.9 Å². The highest BCUT2D eigenvalue weighted by molar-refractivity contribution is 5.97. The van der Waals surface area contributed by atoms with Gasteiger partial charge in [0.05, 0.1) is 11.0 Å². The Morgan fingerprint density at radius 1 is 1.36 bits per heavy atom. The number of likely N-dealkylation sites (tertiary alicyclic amines) is 1. The number of piperidine rings is 1. The first-order valence-corrected chi connectivity index (χ1v) is 8.23. The molecule has 1 aliphatic rings. The van der Waals surface area contributed by atoms with Gasteiger partial charge in [-0.25, -0.2) is 4.98 Å². The fourth-order valence-corrected chi connectivity index (χ4v) is 3.42. The molecule has 0 spiro atoms. The standard InChI is InChI=1S/C18H25N3O/c1-12(2)17-19-15-10-14(7-8-16(15)20(17)4)18(22)21-9-5-6-13(3)11-21/h7-8,10,12-13H,5-6,9,11H2,1-4H3. The summed E-state index contributed by atoms with van der Waals surface area (Å²) < 4.78 is 2.12. The van der Waals surface area contributed by atoms with E-state index >= 15 is 0 Å². The van der Waals surface area contributed by atoms with Crippen molar-refractivity contribution in [3.05, 3.63) is 29.6 Å². The Morgan fingerprint density at radius 3 is 2.82 bits per heavy atom. The van der Waals surface area contributed by atoms with Gasteiger partial charge in [-0.05, 0) is 37.0 Å². The molecule has 1 aromatic heterocycles. The number of fused-ring (bicyclic) bond motifs is 1. The fourth-order valence-electron chi connectivity index (χ4n) is 3.42. The maximum atomic E-state index is 12.7. The smallest absolute Gasteiger partial charge is 0.253 e. The molecule has 1 aliphatic heterocycles. The summed E-state index contributed by atoms with van der Waals surface area (Å²) in [5.74, 6) is 2.18. The Morgan fingerprint density at radius 2 is 2.14 bits per heavy atom. The van der Waals surface area contributed by atoms with Crippen LogP contribution in [0.15, 0.2) is 18.2 Å². The van der Waals surface area contributed by atoms with E-state index in [4.69, 9.17) is 4.98 Å². The molecule has 0 N–H and O–H groups in total. The lowest BCUT2D eigenvalue weighted by Crippen LogP contribution is -2.39. The number of hydrogen-bond acceptors (Lipinski definition) is 2. The van der Waals surface area contributed by atoms with Gasteiger partial charge >= 0.3 is 0 Å². The molecule has 4 nitrogen and oxygen atoms in total. The summed E-state index contributed by atoms with van der Waals surface area (Å²) in [4.78, 5) is 19.4. The number of hydrogen-bond donors (Lipinski definition) is 0. The normalized spacial score (nSPS) is 19.1. The molecule has 2 aromatic rings. The fraction of sp³-hybridized carbons (Fsp3) is 0.556. The maximum absolute atomic E-state index is 12.7. The lowest BCUT2D eigenvalue weighted by molar-refractivity contribution is 0.0683. The van der Waals surface area contributed by atoms with Crippen LogP contribution in [0.1, 0.15) is 55.7 Å². The maximum Gasteiger partial charge on any atom is 0.253 e. The Hall–Kier alpha value is -1.84. The topological polar surface area (TPSA) is 38.1 Å². The average Bonchev–Trinajstić information content (AvgIpc) is 2.83. The van der Waals surface area contributed by atoms with Crippen molar-refractivity contribution in [1.29, 1.82) is 0 Å². The summed E-state index contributed by atoms with van der Waals surface area (Å²) in [5, 5.41) is 0. The Bertz CT molecular complexity index is 702. The van der Waals surface area contributed by atoms with Crippen LogP contribution in [0, 0.1) is 5.92 Å². The van der Waals surface area contributed by atoms with Crippen molar-refractivity contribution in [2.24, 2.45) is 13.0 Å². The quantitative estimate of drug-likeness (QED) is 0.850. The van der Waals surface area contributed by atoms with Gasteiger partial charge in [0.1, 0.15) is 5.82 Å². The number of nitrogens with zero attached hydrogens (tertiary/aromatic N) is 3. The van der Waals surface area contributed by atoms with E-state index < -0.39 is 0 Å². The summed E-state index contributed by atoms with van der Waals surface area (Å²) in [6, 6.07) is 5.91. The summed E-state index contributed by atoms with van der Waals surface area (Å²) in [5.41, 5.74) is 2.77. The van der Waals surface area contributed by atoms with Crippen LogP contribution in [0.2, 0.25) is 0 Å². The molecular formula is C18H25N3O. The van der Waals surface area contributed by atoms with E-state index in [0.717, 1.165) is 41.9 Å². The number of imidazole rings is 1. The van der Waals surface area contributed by atoms with Gasteiger partial charge in [-0.1, -0.05) is 20.8 Å². The van der Waals surface area contributed by atoms with Crippen molar-refractivity contribution in [1.82, 2.24) is 14.5 Å². The SMILES string of the molecule is CC1CCCN(C(=O)c2ccc3c(c2)nc(C(C)C)n3C)C1. The number of rotatable bonds is 2. The van der Waals surface area contributed by atoms with Gasteiger partial charge < -0.3 is 9.47 Å². The molecular weight excluding hydrogens is 274 g/mol. The van der Waals surface area contributed by atoms with E-state index in [1.807, 2.05) is 30.1 Å². The molecule has 1 amide bonds. The predicted molar refractivity (Wildman–Crippen MR) is 89.1 cm³/mol. The molecule has 1 fully saturated rings. The highest BCUT2D eigenvalue weighted by Crippen LogP contribution is 2.23. The monoisotopic (exact) mass is 299 g/mol. The summed E-state index contributed by atoms with van der Waals surface area (Å²) in [6.45, 7) is 8.25. The van der Waals surface area contributed by atoms with Crippen LogP contribution >= 0.6 is 0 Å². The van der Waals surface area contributed by atoms with Crippen LogP contribution in [-0.2, 0) is 7.05 Å². The minimum atomic E-state index is 0.144. The molecule has 4 heteroatoms. The van der Waals surface area contributed by atoms with Gasteiger partial charge in [-0.2, -0.15) is 0 Å². The van der Waals surface area contributed by atoms with Gasteiger partial charge in [-0.3, -0.25) is 4.79 Å². The van der Waals surface area contributed by atoms with Crippen LogP contribution in [0.4, 0.5) is 0 Å². The van der Waals surface area contributed by atoms with Crippen LogP contribution in [-0.4, -0.2) is 33.4 Å². The second kappa shape index (κ2) is 5.75. The largest absolute Gasteiger partial charge is 0.338 e. The first-order chi connectivity index (χ1) is 10.5. The molecule has 22 heavy (non-hydrogen) atoms. The van der Waals surface area contributed by atoms with Gasteiger partial charge in [-0.15, -0.1) is 0 Å². The molecule has 0 aliphatic carbocycles. The van der Waals surface area contributed by atoms with Crippen LogP contribution in [0.5, 0.6) is 0 Å². The minimum absolute atomic E-state index is 0.144. The molecule has 118 valence electrons.